The van der Waals surface area contributed by atoms with Crippen LogP contribution in [0.15, 0.2) is 6.07 Å². The second-order valence-electron chi connectivity index (χ2n) is 5.70. The van der Waals surface area contributed by atoms with Crippen molar-refractivity contribution in [3.05, 3.63) is 22.9 Å². The molecular weight excluding hydrogens is 270 g/mol. The first-order valence-corrected chi connectivity index (χ1v) is 7.71. The number of pyridine rings is 1. The third kappa shape index (κ3) is 2.65. The molecule has 2 aliphatic rings. The SMILES string of the molecule is CN(CC1CCCO1)c1nc2c(cc1C(N)=S)CCC2. The van der Waals surface area contributed by atoms with E-state index in [2.05, 4.69) is 11.0 Å². The molecule has 2 heterocycles. The van der Waals surface area contributed by atoms with E-state index in [1.807, 2.05) is 7.05 Å². The minimum atomic E-state index is 0.300. The molecule has 1 aromatic heterocycles. The minimum Gasteiger partial charge on any atom is -0.389 e. The molecule has 0 spiro atoms. The highest BCUT2D eigenvalue weighted by molar-refractivity contribution is 7.80. The number of aryl methyl sites for hydroxylation is 2. The fourth-order valence-electron chi connectivity index (χ4n) is 3.11. The lowest BCUT2D eigenvalue weighted by molar-refractivity contribution is 0.116. The van der Waals surface area contributed by atoms with Gasteiger partial charge in [0.05, 0.1) is 11.7 Å². The summed E-state index contributed by atoms with van der Waals surface area (Å²) in [7, 11) is 2.05. The van der Waals surface area contributed by atoms with Crippen molar-refractivity contribution >= 4 is 23.0 Å². The molecule has 1 saturated heterocycles. The summed E-state index contributed by atoms with van der Waals surface area (Å²) in [5, 5.41) is 0. The van der Waals surface area contributed by atoms with Crippen LogP contribution in [0.1, 0.15) is 36.1 Å². The fourth-order valence-corrected chi connectivity index (χ4v) is 3.26. The Balaban J connectivity index is 1.88. The van der Waals surface area contributed by atoms with Crippen molar-refractivity contribution < 1.29 is 4.74 Å². The van der Waals surface area contributed by atoms with Crippen LogP contribution in [0.4, 0.5) is 5.82 Å². The topological polar surface area (TPSA) is 51.4 Å². The highest BCUT2D eigenvalue weighted by atomic mass is 32.1. The van der Waals surface area contributed by atoms with Crippen molar-refractivity contribution in [2.75, 3.05) is 25.1 Å². The number of hydrogen-bond acceptors (Lipinski definition) is 4. The predicted molar refractivity (Wildman–Crippen MR) is 84.4 cm³/mol. The van der Waals surface area contributed by atoms with Gasteiger partial charge >= 0.3 is 0 Å². The number of ether oxygens (including phenoxy) is 1. The molecule has 0 bridgehead atoms. The molecule has 1 aliphatic heterocycles. The maximum atomic E-state index is 5.89. The van der Waals surface area contributed by atoms with Crippen LogP contribution < -0.4 is 10.6 Å². The van der Waals surface area contributed by atoms with Gasteiger partial charge in [-0.05, 0) is 43.7 Å². The summed E-state index contributed by atoms with van der Waals surface area (Å²) in [5.41, 5.74) is 9.31. The number of rotatable bonds is 4. The molecule has 0 aromatic carbocycles. The van der Waals surface area contributed by atoms with Gasteiger partial charge < -0.3 is 15.4 Å². The number of thiocarbonyl (C=S) groups is 1. The summed E-state index contributed by atoms with van der Waals surface area (Å²) >= 11 is 5.20. The van der Waals surface area contributed by atoms with E-state index >= 15 is 0 Å². The molecule has 0 amide bonds. The molecule has 4 nitrogen and oxygen atoms in total. The number of anilines is 1. The van der Waals surface area contributed by atoms with Gasteiger partial charge in [-0.1, -0.05) is 12.2 Å². The van der Waals surface area contributed by atoms with Gasteiger partial charge in [-0.25, -0.2) is 4.98 Å². The Bertz CT molecular complexity index is 526. The van der Waals surface area contributed by atoms with Crippen molar-refractivity contribution in [3.63, 3.8) is 0 Å². The normalized spacial score (nSPS) is 20.9. The quantitative estimate of drug-likeness (QED) is 0.858. The van der Waals surface area contributed by atoms with Crippen LogP contribution >= 0.6 is 12.2 Å². The molecule has 3 rings (SSSR count). The van der Waals surface area contributed by atoms with Crippen LogP contribution in [0.2, 0.25) is 0 Å². The molecule has 2 N–H and O–H groups in total. The van der Waals surface area contributed by atoms with Crippen molar-refractivity contribution in [1.82, 2.24) is 4.98 Å². The van der Waals surface area contributed by atoms with E-state index in [0.717, 1.165) is 50.2 Å². The minimum absolute atomic E-state index is 0.300. The van der Waals surface area contributed by atoms with Gasteiger partial charge in [-0.2, -0.15) is 0 Å². The van der Waals surface area contributed by atoms with Gasteiger partial charge in [0.2, 0.25) is 0 Å². The van der Waals surface area contributed by atoms with E-state index in [9.17, 15) is 0 Å². The van der Waals surface area contributed by atoms with E-state index in [1.54, 1.807) is 0 Å². The molecule has 108 valence electrons. The van der Waals surface area contributed by atoms with E-state index < -0.39 is 0 Å². The van der Waals surface area contributed by atoms with Crippen LogP contribution in [0.25, 0.3) is 0 Å². The summed E-state index contributed by atoms with van der Waals surface area (Å²) in [6.07, 6.45) is 5.91. The summed E-state index contributed by atoms with van der Waals surface area (Å²) in [6.45, 7) is 1.72. The van der Waals surface area contributed by atoms with Crippen molar-refractivity contribution in [2.45, 2.75) is 38.2 Å². The lowest BCUT2D eigenvalue weighted by Crippen LogP contribution is -2.31. The zero-order valence-electron chi connectivity index (χ0n) is 11.9. The Morgan fingerprint density at radius 3 is 3.05 bits per heavy atom. The van der Waals surface area contributed by atoms with Gasteiger partial charge in [0.25, 0.3) is 0 Å². The highest BCUT2D eigenvalue weighted by Gasteiger charge is 2.23. The van der Waals surface area contributed by atoms with Crippen molar-refractivity contribution in [1.29, 1.82) is 0 Å². The fraction of sp³-hybridized carbons (Fsp3) is 0.600. The van der Waals surface area contributed by atoms with Gasteiger partial charge in [-0.15, -0.1) is 0 Å². The Kier molecular flexibility index (Phi) is 3.89. The average Bonchev–Trinajstić information content (AvgIpc) is 3.06. The third-order valence-corrected chi connectivity index (χ3v) is 4.38. The van der Waals surface area contributed by atoms with Crippen LogP contribution in [-0.2, 0) is 17.6 Å². The Labute approximate surface area is 125 Å². The smallest absolute Gasteiger partial charge is 0.138 e. The molecule has 1 unspecified atom stereocenters. The van der Waals surface area contributed by atoms with Crippen LogP contribution in [0, 0.1) is 0 Å². The average molecular weight is 291 g/mol. The Hall–Kier alpha value is -1.20. The number of likely N-dealkylation sites (N-methyl/N-ethyl adjacent to an activating group) is 1. The van der Waals surface area contributed by atoms with Gasteiger partial charge in [-0.3, -0.25) is 0 Å². The molecule has 5 heteroatoms. The summed E-state index contributed by atoms with van der Waals surface area (Å²) < 4.78 is 5.70. The first-order chi connectivity index (χ1) is 9.65. The van der Waals surface area contributed by atoms with E-state index in [-0.39, 0.29) is 0 Å². The number of hydrogen-bond donors (Lipinski definition) is 1. The van der Waals surface area contributed by atoms with Crippen molar-refractivity contribution in [2.24, 2.45) is 5.73 Å². The van der Waals surface area contributed by atoms with Gasteiger partial charge in [0.1, 0.15) is 10.8 Å². The first-order valence-electron chi connectivity index (χ1n) is 7.30. The van der Waals surface area contributed by atoms with Crippen LogP contribution in [-0.4, -0.2) is 36.3 Å². The van der Waals surface area contributed by atoms with E-state index in [4.69, 9.17) is 27.7 Å². The third-order valence-electron chi connectivity index (χ3n) is 4.16. The number of nitrogens with zero attached hydrogens (tertiary/aromatic N) is 2. The molecular formula is C15H21N3OS. The van der Waals surface area contributed by atoms with Crippen LogP contribution in [0.3, 0.4) is 0 Å². The lowest BCUT2D eigenvalue weighted by atomic mass is 10.1. The van der Waals surface area contributed by atoms with E-state index in [1.165, 1.54) is 17.7 Å². The molecule has 1 fully saturated rings. The molecule has 1 aliphatic carbocycles. The maximum Gasteiger partial charge on any atom is 0.138 e. The Morgan fingerprint density at radius 1 is 1.50 bits per heavy atom. The summed E-state index contributed by atoms with van der Waals surface area (Å²) in [5.74, 6) is 0.911. The van der Waals surface area contributed by atoms with Crippen molar-refractivity contribution in [3.8, 4) is 0 Å². The summed E-state index contributed by atoms with van der Waals surface area (Å²) in [6, 6.07) is 2.14. The second-order valence-corrected chi connectivity index (χ2v) is 6.14. The second kappa shape index (κ2) is 5.66. The standard InChI is InChI=1S/C15H21N3OS/c1-18(9-11-5-3-7-19-11)15-12(14(16)20)8-10-4-2-6-13(10)17-15/h8,11H,2-7,9H2,1H3,(H2,16,20). The zero-order chi connectivity index (χ0) is 14.1. The number of fused-ring (bicyclic) bond motifs is 1. The maximum absolute atomic E-state index is 5.89. The lowest BCUT2D eigenvalue weighted by Gasteiger charge is -2.24. The highest BCUT2D eigenvalue weighted by Crippen LogP contribution is 2.27. The number of aromatic nitrogens is 1. The zero-order valence-corrected chi connectivity index (χ0v) is 12.7. The van der Waals surface area contributed by atoms with Gasteiger partial charge in [0.15, 0.2) is 0 Å². The van der Waals surface area contributed by atoms with Crippen LogP contribution in [0.5, 0.6) is 0 Å². The molecule has 0 saturated carbocycles. The largest absolute Gasteiger partial charge is 0.389 e. The Morgan fingerprint density at radius 2 is 2.35 bits per heavy atom. The molecule has 1 aromatic rings. The molecule has 1 atom stereocenters. The van der Waals surface area contributed by atoms with E-state index in [0.29, 0.717) is 11.1 Å². The first kappa shape index (κ1) is 13.8. The predicted octanol–water partition coefficient (Wildman–Crippen LogP) is 1.82. The van der Waals surface area contributed by atoms with Gasteiger partial charge in [0, 0.05) is 25.9 Å². The monoisotopic (exact) mass is 291 g/mol. The molecule has 20 heavy (non-hydrogen) atoms. The summed E-state index contributed by atoms with van der Waals surface area (Å²) in [4.78, 5) is 7.39. The number of nitrogens with two attached hydrogens (primary N) is 1. The molecule has 0 radical (unpaired) electrons.